The molecule has 4 nitrogen and oxygen atoms in total. The van der Waals surface area contributed by atoms with Gasteiger partial charge in [-0.05, 0) is 12.8 Å². The van der Waals surface area contributed by atoms with E-state index >= 15 is 0 Å². The van der Waals surface area contributed by atoms with Gasteiger partial charge in [0.1, 0.15) is 5.82 Å². The number of hydrogen-bond donors (Lipinski definition) is 1. The van der Waals surface area contributed by atoms with Crippen molar-refractivity contribution in [2.45, 2.75) is 51.5 Å². The third kappa shape index (κ3) is 2.35. The lowest BCUT2D eigenvalue weighted by molar-refractivity contribution is -0.144. The summed E-state index contributed by atoms with van der Waals surface area (Å²) in [6.07, 6.45) is 7.59. The Balaban J connectivity index is 2.29. The number of aliphatic carboxylic acids is 1. The van der Waals surface area contributed by atoms with E-state index in [0.29, 0.717) is 5.92 Å². The maximum atomic E-state index is 11.3. The minimum Gasteiger partial charge on any atom is -0.481 e. The predicted molar refractivity (Wildman–Crippen MR) is 64.9 cm³/mol. The molecule has 1 aliphatic rings. The smallest absolute Gasteiger partial charge is 0.308 e. The SMILES string of the molecule is CC(C)c1nccn1C1CCCCC1C(=O)O. The topological polar surface area (TPSA) is 55.1 Å². The summed E-state index contributed by atoms with van der Waals surface area (Å²) in [6, 6.07) is 0.0844. The van der Waals surface area contributed by atoms with Crippen molar-refractivity contribution in [3.05, 3.63) is 18.2 Å². The molecule has 0 radical (unpaired) electrons. The number of carbonyl (C=O) groups is 1. The fraction of sp³-hybridized carbons (Fsp3) is 0.692. The van der Waals surface area contributed by atoms with Gasteiger partial charge in [-0.25, -0.2) is 4.98 Å². The Morgan fingerprint density at radius 2 is 2.18 bits per heavy atom. The number of aromatic nitrogens is 2. The van der Waals surface area contributed by atoms with E-state index in [1.807, 2.05) is 6.20 Å². The molecule has 4 heteroatoms. The Kier molecular flexibility index (Phi) is 3.50. The summed E-state index contributed by atoms with van der Waals surface area (Å²) >= 11 is 0. The molecule has 0 amide bonds. The molecular formula is C13H20N2O2. The minimum atomic E-state index is -0.668. The molecule has 0 saturated heterocycles. The molecule has 2 unspecified atom stereocenters. The summed E-state index contributed by atoms with van der Waals surface area (Å²) in [5.74, 6) is 0.415. The highest BCUT2D eigenvalue weighted by molar-refractivity contribution is 5.70. The quantitative estimate of drug-likeness (QED) is 0.878. The Morgan fingerprint density at radius 3 is 2.82 bits per heavy atom. The lowest BCUT2D eigenvalue weighted by atomic mass is 9.84. The van der Waals surface area contributed by atoms with E-state index in [4.69, 9.17) is 0 Å². The van der Waals surface area contributed by atoms with E-state index < -0.39 is 5.97 Å². The summed E-state index contributed by atoms with van der Waals surface area (Å²) in [6.45, 7) is 4.19. The average molecular weight is 236 g/mol. The van der Waals surface area contributed by atoms with Crippen LogP contribution in [-0.4, -0.2) is 20.6 Å². The highest BCUT2D eigenvalue weighted by atomic mass is 16.4. The van der Waals surface area contributed by atoms with Crippen LogP contribution in [0.15, 0.2) is 12.4 Å². The minimum absolute atomic E-state index is 0.0844. The molecule has 1 fully saturated rings. The van der Waals surface area contributed by atoms with Gasteiger partial charge in [-0.15, -0.1) is 0 Å². The molecule has 0 bridgehead atoms. The second-order valence-corrected chi connectivity index (χ2v) is 5.14. The molecule has 1 saturated carbocycles. The molecule has 17 heavy (non-hydrogen) atoms. The molecule has 1 aliphatic carbocycles. The van der Waals surface area contributed by atoms with Crippen molar-refractivity contribution in [2.75, 3.05) is 0 Å². The van der Waals surface area contributed by atoms with Gasteiger partial charge in [0.2, 0.25) is 0 Å². The Hall–Kier alpha value is -1.32. The predicted octanol–water partition coefficient (Wildman–Crippen LogP) is 2.82. The van der Waals surface area contributed by atoms with Crippen molar-refractivity contribution in [1.29, 1.82) is 0 Å². The highest BCUT2D eigenvalue weighted by Gasteiger charge is 2.33. The van der Waals surface area contributed by atoms with Gasteiger partial charge in [0.25, 0.3) is 0 Å². The molecule has 0 spiro atoms. The van der Waals surface area contributed by atoms with E-state index in [2.05, 4.69) is 23.4 Å². The molecule has 2 atom stereocenters. The lowest BCUT2D eigenvalue weighted by Crippen LogP contribution is -2.30. The first-order chi connectivity index (χ1) is 8.11. The van der Waals surface area contributed by atoms with Crippen LogP contribution in [0.25, 0.3) is 0 Å². The first-order valence-corrected chi connectivity index (χ1v) is 6.36. The largest absolute Gasteiger partial charge is 0.481 e. The summed E-state index contributed by atoms with van der Waals surface area (Å²) in [5, 5.41) is 9.30. The van der Waals surface area contributed by atoms with E-state index in [0.717, 1.165) is 31.5 Å². The summed E-state index contributed by atoms with van der Waals surface area (Å²) in [7, 11) is 0. The van der Waals surface area contributed by atoms with Gasteiger partial charge >= 0.3 is 5.97 Å². The van der Waals surface area contributed by atoms with Crippen molar-refractivity contribution in [1.82, 2.24) is 9.55 Å². The lowest BCUT2D eigenvalue weighted by Gasteiger charge is -2.31. The molecule has 1 aromatic rings. The number of carboxylic acid groups (broad SMARTS) is 1. The summed E-state index contributed by atoms with van der Waals surface area (Å²) in [5.41, 5.74) is 0. The van der Waals surface area contributed by atoms with Gasteiger partial charge in [-0.3, -0.25) is 4.79 Å². The van der Waals surface area contributed by atoms with Crippen LogP contribution in [0.3, 0.4) is 0 Å². The molecule has 1 heterocycles. The Morgan fingerprint density at radius 1 is 1.47 bits per heavy atom. The molecular weight excluding hydrogens is 216 g/mol. The van der Waals surface area contributed by atoms with E-state index in [-0.39, 0.29) is 12.0 Å². The Bertz CT molecular complexity index is 398. The molecule has 94 valence electrons. The maximum Gasteiger partial charge on any atom is 0.308 e. The second-order valence-electron chi connectivity index (χ2n) is 5.14. The molecule has 0 aliphatic heterocycles. The van der Waals surface area contributed by atoms with E-state index in [1.165, 1.54) is 0 Å². The second kappa shape index (κ2) is 4.90. The van der Waals surface area contributed by atoms with Crippen LogP contribution in [0.2, 0.25) is 0 Å². The van der Waals surface area contributed by atoms with Crippen molar-refractivity contribution < 1.29 is 9.90 Å². The van der Waals surface area contributed by atoms with E-state index in [9.17, 15) is 9.90 Å². The van der Waals surface area contributed by atoms with Crippen LogP contribution in [-0.2, 0) is 4.79 Å². The molecule has 0 aromatic carbocycles. The standard InChI is InChI=1S/C13H20N2O2/c1-9(2)12-14-7-8-15(12)11-6-4-3-5-10(11)13(16)17/h7-11H,3-6H2,1-2H3,(H,16,17). The van der Waals surface area contributed by atoms with Crippen LogP contribution in [0.4, 0.5) is 0 Å². The molecule has 2 rings (SSSR count). The number of imidazole rings is 1. The zero-order valence-electron chi connectivity index (χ0n) is 10.5. The third-order valence-corrected chi connectivity index (χ3v) is 3.62. The summed E-state index contributed by atoms with van der Waals surface area (Å²) < 4.78 is 2.09. The summed E-state index contributed by atoms with van der Waals surface area (Å²) in [4.78, 5) is 15.7. The maximum absolute atomic E-state index is 11.3. The first-order valence-electron chi connectivity index (χ1n) is 6.36. The fourth-order valence-corrected chi connectivity index (χ4v) is 2.78. The average Bonchev–Trinajstić information content (AvgIpc) is 2.77. The first kappa shape index (κ1) is 12.1. The van der Waals surface area contributed by atoms with Gasteiger partial charge in [0.05, 0.1) is 5.92 Å². The number of carboxylic acids is 1. The van der Waals surface area contributed by atoms with Crippen LogP contribution in [0.5, 0.6) is 0 Å². The molecule has 1 aromatic heterocycles. The van der Waals surface area contributed by atoms with Crippen molar-refractivity contribution in [3.63, 3.8) is 0 Å². The van der Waals surface area contributed by atoms with Crippen LogP contribution in [0, 0.1) is 5.92 Å². The van der Waals surface area contributed by atoms with Crippen molar-refractivity contribution in [2.24, 2.45) is 5.92 Å². The van der Waals surface area contributed by atoms with Crippen LogP contribution < -0.4 is 0 Å². The third-order valence-electron chi connectivity index (χ3n) is 3.62. The van der Waals surface area contributed by atoms with Crippen molar-refractivity contribution >= 4 is 5.97 Å². The normalized spacial score (nSPS) is 25.1. The van der Waals surface area contributed by atoms with Crippen LogP contribution >= 0.6 is 0 Å². The zero-order chi connectivity index (χ0) is 12.4. The van der Waals surface area contributed by atoms with E-state index in [1.54, 1.807) is 6.20 Å². The van der Waals surface area contributed by atoms with Gasteiger partial charge in [-0.2, -0.15) is 0 Å². The monoisotopic (exact) mass is 236 g/mol. The zero-order valence-corrected chi connectivity index (χ0v) is 10.5. The van der Waals surface area contributed by atoms with Crippen LogP contribution in [0.1, 0.15) is 57.3 Å². The molecule has 1 N–H and O–H groups in total. The fourth-order valence-electron chi connectivity index (χ4n) is 2.78. The van der Waals surface area contributed by atoms with Crippen molar-refractivity contribution in [3.8, 4) is 0 Å². The highest BCUT2D eigenvalue weighted by Crippen LogP contribution is 2.35. The van der Waals surface area contributed by atoms with Gasteiger partial charge in [0, 0.05) is 24.4 Å². The number of hydrogen-bond acceptors (Lipinski definition) is 2. The Labute approximate surface area is 102 Å². The number of rotatable bonds is 3. The van der Waals surface area contributed by atoms with Gasteiger partial charge in [-0.1, -0.05) is 26.7 Å². The van der Waals surface area contributed by atoms with Gasteiger partial charge in [0.15, 0.2) is 0 Å². The number of nitrogens with zero attached hydrogens (tertiary/aromatic N) is 2. The van der Waals surface area contributed by atoms with Gasteiger partial charge < -0.3 is 9.67 Å².